The summed E-state index contributed by atoms with van der Waals surface area (Å²) in [5.74, 6) is 2.09. The van der Waals surface area contributed by atoms with E-state index in [0.717, 1.165) is 23.5 Å². The second-order valence-corrected chi connectivity index (χ2v) is 6.34. The van der Waals surface area contributed by atoms with Gasteiger partial charge >= 0.3 is 0 Å². The van der Waals surface area contributed by atoms with Crippen molar-refractivity contribution in [1.29, 1.82) is 0 Å². The van der Waals surface area contributed by atoms with Crippen molar-refractivity contribution in [1.82, 2.24) is 0 Å². The lowest BCUT2D eigenvalue weighted by Crippen LogP contribution is -1.87. The van der Waals surface area contributed by atoms with Crippen LogP contribution in [0.1, 0.15) is 44.8 Å². The molecule has 0 unspecified atom stereocenters. The van der Waals surface area contributed by atoms with E-state index in [4.69, 9.17) is 4.42 Å². The van der Waals surface area contributed by atoms with Gasteiger partial charge in [0.1, 0.15) is 11.5 Å². The molecule has 3 rings (SSSR count). The van der Waals surface area contributed by atoms with Crippen LogP contribution in [0.3, 0.4) is 0 Å². The largest absolute Gasteiger partial charge is 0.460 e. The molecule has 0 atom stereocenters. The third-order valence-corrected chi connectivity index (χ3v) is 4.46. The lowest BCUT2D eigenvalue weighted by molar-refractivity contribution is 0.505. The molecule has 24 heavy (non-hydrogen) atoms. The molecule has 0 aliphatic carbocycles. The van der Waals surface area contributed by atoms with Gasteiger partial charge in [-0.25, -0.2) is 0 Å². The van der Waals surface area contributed by atoms with E-state index in [1.807, 2.05) is 6.07 Å². The first-order chi connectivity index (χ1) is 11.9. The van der Waals surface area contributed by atoms with Gasteiger partial charge in [0.25, 0.3) is 0 Å². The van der Waals surface area contributed by atoms with Crippen LogP contribution in [0.25, 0.3) is 22.5 Å². The number of aryl methyl sites for hydroxylation is 1. The number of furan rings is 1. The van der Waals surface area contributed by atoms with E-state index < -0.39 is 0 Å². The maximum atomic E-state index is 6.26. The smallest absolute Gasteiger partial charge is 0.134 e. The number of hydrogen-bond acceptors (Lipinski definition) is 1. The van der Waals surface area contributed by atoms with Crippen molar-refractivity contribution >= 4 is 0 Å². The molecule has 124 valence electrons. The Hall–Kier alpha value is -2.28. The third kappa shape index (κ3) is 4.17. The average molecular weight is 318 g/mol. The van der Waals surface area contributed by atoms with Crippen LogP contribution < -0.4 is 0 Å². The summed E-state index contributed by atoms with van der Waals surface area (Å²) in [6.45, 7) is 2.26. The van der Waals surface area contributed by atoms with E-state index in [1.165, 1.54) is 43.2 Å². The van der Waals surface area contributed by atoms with E-state index in [9.17, 15) is 0 Å². The number of rotatable bonds is 8. The summed E-state index contributed by atoms with van der Waals surface area (Å²) in [6.07, 6.45) is 7.43. The maximum Gasteiger partial charge on any atom is 0.134 e. The summed E-state index contributed by atoms with van der Waals surface area (Å²) in [5.41, 5.74) is 3.63. The minimum absolute atomic E-state index is 0.970. The molecular weight excluding hydrogens is 292 g/mol. The minimum Gasteiger partial charge on any atom is -0.460 e. The number of benzene rings is 2. The highest BCUT2D eigenvalue weighted by molar-refractivity contribution is 5.72. The van der Waals surface area contributed by atoms with Crippen LogP contribution in [0.15, 0.2) is 71.1 Å². The molecule has 2 aromatic carbocycles. The second kappa shape index (κ2) is 8.54. The highest BCUT2D eigenvalue weighted by Gasteiger charge is 2.13. The molecule has 3 aromatic rings. The molecule has 1 nitrogen and oxygen atoms in total. The van der Waals surface area contributed by atoms with Gasteiger partial charge in [-0.1, -0.05) is 93.3 Å². The fraction of sp³-hybridized carbons (Fsp3) is 0.304. The van der Waals surface area contributed by atoms with Gasteiger partial charge in [0.05, 0.1) is 0 Å². The standard InChI is InChI=1S/C23H26O/c1-2-3-4-5-12-17-22-21(19-13-8-6-9-14-19)18-23(24-22)20-15-10-7-11-16-20/h6-11,13-16,18H,2-5,12,17H2,1H3. The first kappa shape index (κ1) is 16.6. The lowest BCUT2D eigenvalue weighted by Gasteiger charge is -2.03. The fourth-order valence-electron chi connectivity index (χ4n) is 3.11. The summed E-state index contributed by atoms with van der Waals surface area (Å²) < 4.78 is 6.26. The zero-order valence-electron chi connectivity index (χ0n) is 14.5. The molecule has 0 N–H and O–H groups in total. The molecule has 0 saturated heterocycles. The summed E-state index contributed by atoms with van der Waals surface area (Å²) in [7, 11) is 0. The molecule has 0 spiro atoms. The molecule has 1 aromatic heterocycles. The zero-order chi connectivity index (χ0) is 16.6. The van der Waals surface area contributed by atoms with Crippen LogP contribution in [0.4, 0.5) is 0 Å². The third-order valence-electron chi connectivity index (χ3n) is 4.46. The van der Waals surface area contributed by atoms with Crippen LogP contribution in [0.2, 0.25) is 0 Å². The number of hydrogen-bond donors (Lipinski definition) is 0. The van der Waals surface area contributed by atoms with Crippen molar-refractivity contribution in [3.8, 4) is 22.5 Å². The van der Waals surface area contributed by atoms with Crippen molar-refractivity contribution in [2.24, 2.45) is 0 Å². The molecular formula is C23H26O. The minimum atomic E-state index is 0.970. The molecule has 0 bridgehead atoms. The fourth-order valence-corrected chi connectivity index (χ4v) is 3.11. The monoisotopic (exact) mass is 318 g/mol. The van der Waals surface area contributed by atoms with Gasteiger partial charge in [0.15, 0.2) is 0 Å². The van der Waals surface area contributed by atoms with Crippen molar-refractivity contribution in [3.63, 3.8) is 0 Å². The summed E-state index contributed by atoms with van der Waals surface area (Å²) in [5, 5.41) is 0. The van der Waals surface area contributed by atoms with E-state index in [2.05, 4.69) is 67.6 Å². The van der Waals surface area contributed by atoms with Gasteiger partial charge in [-0.3, -0.25) is 0 Å². The first-order valence-electron chi connectivity index (χ1n) is 9.12. The zero-order valence-corrected chi connectivity index (χ0v) is 14.5. The van der Waals surface area contributed by atoms with E-state index in [-0.39, 0.29) is 0 Å². The topological polar surface area (TPSA) is 13.1 Å². The Morgan fingerprint density at radius 2 is 1.33 bits per heavy atom. The summed E-state index contributed by atoms with van der Waals surface area (Å²) in [4.78, 5) is 0. The molecule has 1 heterocycles. The van der Waals surface area contributed by atoms with Gasteiger partial charge in [0, 0.05) is 17.5 Å². The van der Waals surface area contributed by atoms with E-state index >= 15 is 0 Å². The Morgan fingerprint density at radius 3 is 2.00 bits per heavy atom. The van der Waals surface area contributed by atoms with E-state index in [1.54, 1.807) is 0 Å². The quantitative estimate of drug-likeness (QED) is 0.403. The maximum absolute atomic E-state index is 6.26. The van der Waals surface area contributed by atoms with Gasteiger partial charge in [0.2, 0.25) is 0 Å². The van der Waals surface area contributed by atoms with Gasteiger partial charge in [-0.2, -0.15) is 0 Å². The van der Waals surface area contributed by atoms with Crippen molar-refractivity contribution in [3.05, 3.63) is 72.5 Å². The Balaban J connectivity index is 1.83. The van der Waals surface area contributed by atoms with E-state index in [0.29, 0.717) is 0 Å². The SMILES string of the molecule is CCCCCCCc1oc(-c2ccccc2)cc1-c1ccccc1. The second-order valence-electron chi connectivity index (χ2n) is 6.34. The Bertz CT molecular complexity index is 725. The lowest BCUT2D eigenvalue weighted by atomic mass is 10.0. The molecule has 0 aliphatic rings. The Labute approximate surface area is 145 Å². The highest BCUT2D eigenvalue weighted by atomic mass is 16.3. The van der Waals surface area contributed by atoms with Gasteiger partial charge in [-0.05, 0) is 18.1 Å². The molecule has 0 radical (unpaired) electrons. The number of unbranched alkanes of at least 4 members (excludes halogenated alkanes) is 4. The van der Waals surface area contributed by atoms with Crippen molar-refractivity contribution in [2.45, 2.75) is 45.4 Å². The molecule has 0 saturated carbocycles. The highest BCUT2D eigenvalue weighted by Crippen LogP contribution is 2.33. The van der Waals surface area contributed by atoms with Crippen molar-refractivity contribution in [2.75, 3.05) is 0 Å². The van der Waals surface area contributed by atoms with Crippen LogP contribution in [0, 0.1) is 0 Å². The predicted molar refractivity (Wildman–Crippen MR) is 102 cm³/mol. The predicted octanol–water partition coefficient (Wildman–Crippen LogP) is 7.13. The van der Waals surface area contributed by atoms with Crippen LogP contribution >= 0.6 is 0 Å². The first-order valence-corrected chi connectivity index (χ1v) is 9.12. The summed E-state index contributed by atoms with van der Waals surface area (Å²) >= 11 is 0. The van der Waals surface area contributed by atoms with Crippen molar-refractivity contribution < 1.29 is 4.42 Å². The molecule has 0 aliphatic heterocycles. The Morgan fingerprint density at radius 1 is 0.708 bits per heavy atom. The molecule has 0 amide bonds. The van der Waals surface area contributed by atoms with Crippen LogP contribution in [0.5, 0.6) is 0 Å². The summed E-state index contributed by atoms with van der Waals surface area (Å²) in [6, 6.07) is 23.2. The van der Waals surface area contributed by atoms with Gasteiger partial charge < -0.3 is 4.42 Å². The Kier molecular flexibility index (Phi) is 5.90. The van der Waals surface area contributed by atoms with Crippen LogP contribution in [-0.2, 0) is 6.42 Å². The van der Waals surface area contributed by atoms with Gasteiger partial charge in [-0.15, -0.1) is 0 Å². The normalized spacial score (nSPS) is 10.9. The molecule has 0 fully saturated rings. The average Bonchev–Trinajstić information content (AvgIpc) is 3.07. The molecule has 1 heteroatoms. The van der Waals surface area contributed by atoms with Crippen LogP contribution in [-0.4, -0.2) is 0 Å².